The number of hydrogen-bond acceptors (Lipinski definition) is 3. The van der Waals surface area contributed by atoms with E-state index in [0.717, 1.165) is 32.5 Å². The lowest BCUT2D eigenvalue weighted by molar-refractivity contribution is 0.00446. The Hall–Kier alpha value is -2.13. The second kappa shape index (κ2) is 8.11. The average molecular weight is 323 g/mol. The zero-order chi connectivity index (χ0) is 16.8. The molecule has 0 aliphatic carbocycles. The Morgan fingerprint density at radius 3 is 2.50 bits per heavy atom. The number of likely N-dealkylation sites (tertiary alicyclic amines) is 1. The molecule has 3 rings (SSSR count). The molecule has 1 aliphatic heterocycles. The van der Waals surface area contributed by atoms with Gasteiger partial charge in [-0.05, 0) is 44.0 Å². The number of rotatable bonds is 5. The zero-order valence-corrected chi connectivity index (χ0v) is 14.2. The molecule has 3 heteroatoms. The molecule has 0 bridgehead atoms. The maximum atomic E-state index is 12.2. The smallest absolute Gasteiger partial charge is 0.338 e. The van der Waals surface area contributed by atoms with Crippen molar-refractivity contribution >= 4 is 5.97 Å². The second-order valence-electron chi connectivity index (χ2n) is 6.60. The predicted octanol–water partition coefficient (Wildman–Crippen LogP) is 4.14. The minimum Gasteiger partial charge on any atom is -0.459 e. The van der Waals surface area contributed by atoms with Gasteiger partial charge in [-0.25, -0.2) is 4.79 Å². The van der Waals surface area contributed by atoms with Crippen molar-refractivity contribution in [2.24, 2.45) is 5.92 Å². The van der Waals surface area contributed by atoms with E-state index in [1.54, 1.807) is 12.1 Å². The highest BCUT2D eigenvalue weighted by molar-refractivity contribution is 5.89. The molecule has 1 fully saturated rings. The van der Waals surface area contributed by atoms with Gasteiger partial charge in [0.1, 0.15) is 6.10 Å². The summed E-state index contributed by atoms with van der Waals surface area (Å²) in [5.74, 6) is 0.179. The van der Waals surface area contributed by atoms with Crippen molar-refractivity contribution in [2.45, 2.75) is 32.4 Å². The van der Waals surface area contributed by atoms with E-state index in [4.69, 9.17) is 4.74 Å². The van der Waals surface area contributed by atoms with E-state index in [-0.39, 0.29) is 12.1 Å². The summed E-state index contributed by atoms with van der Waals surface area (Å²) in [7, 11) is 0. The molecule has 3 nitrogen and oxygen atoms in total. The zero-order valence-electron chi connectivity index (χ0n) is 14.2. The van der Waals surface area contributed by atoms with E-state index in [1.165, 1.54) is 5.56 Å². The molecule has 0 N–H and O–H groups in total. The van der Waals surface area contributed by atoms with E-state index in [9.17, 15) is 4.79 Å². The first-order valence-electron chi connectivity index (χ1n) is 8.74. The minimum absolute atomic E-state index is 0.0590. The number of nitrogens with zero attached hydrogens (tertiary/aromatic N) is 1. The average Bonchev–Trinajstić information content (AvgIpc) is 2.63. The van der Waals surface area contributed by atoms with Gasteiger partial charge in [0.05, 0.1) is 5.56 Å². The van der Waals surface area contributed by atoms with Gasteiger partial charge in [0.15, 0.2) is 0 Å². The maximum Gasteiger partial charge on any atom is 0.338 e. The van der Waals surface area contributed by atoms with Crippen LogP contribution in [0.2, 0.25) is 0 Å². The molecule has 2 aromatic carbocycles. The molecule has 0 saturated carbocycles. The van der Waals surface area contributed by atoms with Crippen LogP contribution in [-0.2, 0) is 11.3 Å². The molecular weight excluding hydrogens is 298 g/mol. The third kappa shape index (κ3) is 4.45. The summed E-state index contributed by atoms with van der Waals surface area (Å²) in [6, 6.07) is 19.8. The highest BCUT2D eigenvalue weighted by Gasteiger charge is 2.27. The van der Waals surface area contributed by atoms with Crippen LogP contribution >= 0.6 is 0 Å². The van der Waals surface area contributed by atoms with Crippen molar-refractivity contribution in [2.75, 3.05) is 13.1 Å². The second-order valence-corrected chi connectivity index (χ2v) is 6.60. The summed E-state index contributed by atoms with van der Waals surface area (Å²) in [6.45, 7) is 5.09. The Kier molecular flexibility index (Phi) is 5.65. The number of hydrogen-bond donors (Lipinski definition) is 0. The van der Waals surface area contributed by atoms with E-state index in [2.05, 4.69) is 29.2 Å². The summed E-state index contributed by atoms with van der Waals surface area (Å²) < 4.78 is 5.71. The van der Waals surface area contributed by atoms with Crippen LogP contribution in [0.3, 0.4) is 0 Å². The lowest BCUT2D eigenvalue weighted by Gasteiger charge is -2.35. The van der Waals surface area contributed by atoms with Crippen LogP contribution in [0.25, 0.3) is 0 Å². The molecule has 1 heterocycles. The SMILES string of the molecule is CC(OC(=O)c1ccccc1)C1CCCN(Cc2ccccc2)C1. The topological polar surface area (TPSA) is 29.5 Å². The Bertz CT molecular complexity index is 641. The van der Waals surface area contributed by atoms with E-state index in [0.29, 0.717) is 11.5 Å². The normalized spacial score (nSPS) is 19.6. The standard InChI is InChI=1S/C21H25NO2/c1-17(24-21(23)19-11-6-3-7-12-19)20-13-8-14-22(16-20)15-18-9-4-2-5-10-18/h2-7,9-12,17,20H,8,13-16H2,1H3. The molecule has 0 radical (unpaired) electrons. The van der Waals surface area contributed by atoms with Gasteiger partial charge >= 0.3 is 5.97 Å². The van der Waals surface area contributed by atoms with Crippen LogP contribution in [0.1, 0.15) is 35.7 Å². The molecule has 126 valence electrons. The van der Waals surface area contributed by atoms with Crippen molar-refractivity contribution in [1.29, 1.82) is 0 Å². The van der Waals surface area contributed by atoms with Gasteiger partial charge in [-0.15, -0.1) is 0 Å². The van der Waals surface area contributed by atoms with Gasteiger partial charge < -0.3 is 4.74 Å². The first-order chi connectivity index (χ1) is 11.7. The molecule has 2 atom stereocenters. The van der Waals surface area contributed by atoms with E-state index < -0.39 is 0 Å². The van der Waals surface area contributed by atoms with Crippen LogP contribution in [0.15, 0.2) is 60.7 Å². The van der Waals surface area contributed by atoms with Crippen molar-refractivity contribution < 1.29 is 9.53 Å². The van der Waals surface area contributed by atoms with E-state index in [1.807, 2.05) is 31.2 Å². The molecule has 1 saturated heterocycles. The highest BCUT2D eigenvalue weighted by Crippen LogP contribution is 2.23. The first kappa shape index (κ1) is 16.7. The van der Waals surface area contributed by atoms with Gasteiger partial charge in [-0.2, -0.15) is 0 Å². The van der Waals surface area contributed by atoms with Crippen molar-refractivity contribution in [3.63, 3.8) is 0 Å². The van der Waals surface area contributed by atoms with Crippen molar-refractivity contribution in [3.05, 3.63) is 71.8 Å². The van der Waals surface area contributed by atoms with Crippen LogP contribution < -0.4 is 0 Å². The Balaban J connectivity index is 1.55. The Morgan fingerprint density at radius 1 is 1.12 bits per heavy atom. The lowest BCUT2D eigenvalue weighted by Crippen LogP contribution is -2.40. The molecule has 24 heavy (non-hydrogen) atoms. The fraction of sp³-hybridized carbons (Fsp3) is 0.381. The van der Waals surface area contributed by atoms with Crippen LogP contribution in [0.5, 0.6) is 0 Å². The summed E-state index contributed by atoms with van der Waals surface area (Å²) in [5.41, 5.74) is 1.97. The highest BCUT2D eigenvalue weighted by atomic mass is 16.5. The quantitative estimate of drug-likeness (QED) is 0.774. The molecule has 0 spiro atoms. The Labute approximate surface area is 144 Å². The number of carbonyl (C=O) groups is 1. The van der Waals surface area contributed by atoms with Crippen molar-refractivity contribution in [1.82, 2.24) is 4.90 Å². The van der Waals surface area contributed by atoms with Gasteiger partial charge in [0.2, 0.25) is 0 Å². The summed E-state index contributed by atoms with van der Waals surface area (Å²) in [6.07, 6.45) is 2.22. The predicted molar refractivity (Wildman–Crippen MR) is 95.8 cm³/mol. The third-order valence-corrected chi connectivity index (χ3v) is 4.76. The fourth-order valence-corrected chi connectivity index (χ4v) is 3.37. The van der Waals surface area contributed by atoms with Gasteiger partial charge in [0, 0.05) is 19.0 Å². The molecule has 0 amide bonds. The molecule has 0 aromatic heterocycles. The van der Waals surface area contributed by atoms with E-state index >= 15 is 0 Å². The molecule has 2 aromatic rings. The first-order valence-corrected chi connectivity index (χ1v) is 8.74. The molecule has 2 unspecified atom stereocenters. The lowest BCUT2D eigenvalue weighted by atomic mass is 9.93. The van der Waals surface area contributed by atoms with Gasteiger partial charge in [-0.3, -0.25) is 4.90 Å². The minimum atomic E-state index is -0.219. The van der Waals surface area contributed by atoms with Crippen LogP contribution in [0.4, 0.5) is 0 Å². The summed E-state index contributed by atoms with van der Waals surface area (Å²) >= 11 is 0. The van der Waals surface area contributed by atoms with Gasteiger partial charge in [-0.1, -0.05) is 48.5 Å². The number of benzene rings is 2. The summed E-state index contributed by atoms with van der Waals surface area (Å²) in [4.78, 5) is 14.7. The third-order valence-electron chi connectivity index (χ3n) is 4.76. The van der Waals surface area contributed by atoms with Gasteiger partial charge in [0.25, 0.3) is 0 Å². The molecule has 1 aliphatic rings. The molecular formula is C21H25NO2. The monoisotopic (exact) mass is 323 g/mol. The number of esters is 1. The summed E-state index contributed by atoms with van der Waals surface area (Å²) in [5, 5.41) is 0. The van der Waals surface area contributed by atoms with Crippen LogP contribution in [0, 0.1) is 5.92 Å². The maximum absolute atomic E-state index is 12.2. The Morgan fingerprint density at radius 2 is 1.79 bits per heavy atom. The number of ether oxygens (including phenoxy) is 1. The largest absolute Gasteiger partial charge is 0.459 e. The van der Waals surface area contributed by atoms with Crippen molar-refractivity contribution in [3.8, 4) is 0 Å². The number of carbonyl (C=O) groups excluding carboxylic acids is 1. The number of piperidine rings is 1. The van der Waals surface area contributed by atoms with Crippen LogP contribution in [-0.4, -0.2) is 30.1 Å². The fourth-order valence-electron chi connectivity index (χ4n) is 3.37.